The summed E-state index contributed by atoms with van der Waals surface area (Å²) in [5.41, 5.74) is 0.108. The maximum absolute atomic E-state index is 11.9. The lowest BCUT2D eigenvalue weighted by Crippen LogP contribution is -2.55. The van der Waals surface area contributed by atoms with Gasteiger partial charge in [-0.15, -0.1) is 0 Å². The number of carboxylic acids is 1. The molecule has 3 N–H and O–H groups in total. The van der Waals surface area contributed by atoms with Gasteiger partial charge < -0.3 is 15.7 Å². The second-order valence-electron chi connectivity index (χ2n) is 5.09. The molecule has 1 fully saturated rings. The predicted molar refractivity (Wildman–Crippen MR) is 77.2 cm³/mol. The average Bonchev–Trinajstić information content (AvgIpc) is 2.35. The van der Waals surface area contributed by atoms with Crippen LogP contribution in [-0.2, 0) is 4.79 Å². The number of amides is 2. The van der Waals surface area contributed by atoms with Crippen molar-refractivity contribution in [1.29, 1.82) is 5.26 Å². The normalized spacial score (nSPS) is 15.4. The maximum atomic E-state index is 11.9. The first-order valence-corrected chi connectivity index (χ1v) is 6.82. The SMILES string of the molecule is N#Cc1ccc(NC(=O)NC2(CC(=O)O)CCC2)cc1Cl. The number of carboxylic acid groups (broad SMARTS) is 1. The minimum absolute atomic E-state index is 0.0887. The average molecular weight is 308 g/mol. The van der Waals surface area contributed by atoms with E-state index < -0.39 is 17.5 Å². The third-order valence-corrected chi connectivity index (χ3v) is 3.84. The first kappa shape index (κ1) is 15.1. The lowest BCUT2D eigenvalue weighted by molar-refractivity contribution is -0.139. The fourth-order valence-electron chi connectivity index (χ4n) is 2.33. The summed E-state index contributed by atoms with van der Waals surface area (Å²) < 4.78 is 0. The van der Waals surface area contributed by atoms with Gasteiger partial charge in [-0.2, -0.15) is 5.26 Å². The summed E-state index contributed by atoms with van der Waals surface area (Å²) in [6, 6.07) is 6.00. The van der Waals surface area contributed by atoms with Gasteiger partial charge in [0.2, 0.25) is 0 Å². The van der Waals surface area contributed by atoms with Crippen LogP contribution in [0.3, 0.4) is 0 Å². The number of halogens is 1. The van der Waals surface area contributed by atoms with Crippen molar-refractivity contribution in [2.24, 2.45) is 0 Å². The van der Waals surface area contributed by atoms with Crippen LogP contribution in [0.1, 0.15) is 31.2 Å². The fourth-order valence-corrected chi connectivity index (χ4v) is 2.55. The van der Waals surface area contributed by atoms with E-state index in [-0.39, 0.29) is 11.4 Å². The number of nitrogens with one attached hydrogen (secondary N) is 2. The van der Waals surface area contributed by atoms with E-state index in [1.165, 1.54) is 12.1 Å². The van der Waals surface area contributed by atoms with Crippen molar-refractivity contribution in [3.05, 3.63) is 28.8 Å². The van der Waals surface area contributed by atoms with Crippen molar-refractivity contribution >= 4 is 29.3 Å². The van der Waals surface area contributed by atoms with Crippen LogP contribution >= 0.6 is 11.6 Å². The van der Waals surface area contributed by atoms with Gasteiger partial charge in [-0.3, -0.25) is 4.79 Å². The van der Waals surface area contributed by atoms with E-state index in [0.717, 1.165) is 6.42 Å². The van der Waals surface area contributed by atoms with Gasteiger partial charge in [0.15, 0.2) is 0 Å². The van der Waals surface area contributed by atoms with E-state index in [0.29, 0.717) is 24.1 Å². The van der Waals surface area contributed by atoms with Crippen molar-refractivity contribution in [2.75, 3.05) is 5.32 Å². The maximum Gasteiger partial charge on any atom is 0.319 e. The number of nitrogens with zero attached hydrogens (tertiary/aromatic N) is 1. The number of benzene rings is 1. The quantitative estimate of drug-likeness (QED) is 0.795. The summed E-state index contributed by atoms with van der Waals surface area (Å²) in [6.45, 7) is 0. The molecule has 0 heterocycles. The number of nitriles is 1. The molecule has 2 amide bonds. The van der Waals surface area contributed by atoms with E-state index in [2.05, 4.69) is 10.6 Å². The molecule has 2 rings (SSSR count). The number of aliphatic carboxylic acids is 1. The molecule has 1 aliphatic rings. The van der Waals surface area contributed by atoms with Crippen molar-refractivity contribution in [1.82, 2.24) is 5.32 Å². The Morgan fingerprint density at radius 3 is 2.62 bits per heavy atom. The molecule has 0 aliphatic heterocycles. The number of rotatable bonds is 4. The molecule has 1 aromatic carbocycles. The van der Waals surface area contributed by atoms with Crippen molar-refractivity contribution < 1.29 is 14.7 Å². The third-order valence-electron chi connectivity index (χ3n) is 3.53. The lowest BCUT2D eigenvalue weighted by atomic mass is 9.74. The molecule has 0 saturated heterocycles. The zero-order chi connectivity index (χ0) is 15.5. The Bertz CT molecular complexity index is 620. The van der Waals surface area contributed by atoms with Gasteiger partial charge >= 0.3 is 12.0 Å². The summed E-state index contributed by atoms with van der Waals surface area (Å²) in [7, 11) is 0. The molecule has 0 spiro atoms. The number of anilines is 1. The van der Waals surface area contributed by atoms with Crippen LogP contribution in [0.2, 0.25) is 5.02 Å². The van der Waals surface area contributed by atoms with Crippen LogP contribution < -0.4 is 10.6 Å². The van der Waals surface area contributed by atoms with Gasteiger partial charge in [-0.1, -0.05) is 11.6 Å². The number of carbonyl (C=O) groups is 2. The van der Waals surface area contributed by atoms with Gasteiger partial charge in [0.05, 0.1) is 22.5 Å². The van der Waals surface area contributed by atoms with E-state index in [9.17, 15) is 9.59 Å². The highest BCUT2D eigenvalue weighted by molar-refractivity contribution is 6.32. The first-order valence-electron chi connectivity index (χ1n) is 6.45. The topological polar surface area (TPSA) is 102 Å². The fraction of sp³-hybridized carbons (Fsp3) is 0.357. The second-order valence-corrected chi connectivity index (χ2v) is 5.50. The van der Waals surface area contributed by atoms with Gasteiger partial charge in [0, 0.05) is 5.69 Å². The molecule has 1 aromatic rings. The first-order chi connectivity index (χ1) is 9.94. The molecule has 0 radical (unpaired) electrons. The van der Waals surface area contributed by atoms with Crippen molar-refractivity contribution in [3.63, 3.8) is 0 Å². The Morgan fingerprint density at radius 1 is 1.43 bits per heavy atom. The number of carbonyl (C=O) groups excluding carboxylic acids is 1. The second kappa shape index (κ2) is 6.02. The Balaban J connectivity index is 2.00. The molecular formula is C14H14ClN3O3. The molecule has 0 atom stereocenters. The highest BCUT2D eigenvalue weighted by Crippen LogP contribution is 2.35. The molecule has 110 valence electrons. The van der Waals surface area contributed by atoms with Crippen LogP contribution in [0.15, 0.2) is 18.2 Å². The van der Waals surface area contributed by atoms with Crippen LogP contribution in [0.5, 0.6) is 0 Å². The highest BCUT2D eigenvalue weighted by Gasteiger charge is 2.40. The minimum atomic E-state index is -0.934. The van der Waals surface area contributed by atoms with Crippen LogP contribution in [0.25, 0.3) is 0 Å². The molecule has 6 nitrogen and oxygen atoms in total. The van der Waals surface area contributed by atoms with Gasteiger partial charge in [-0.05, 0) is 37.5 Å². The Morgan fingerprint density at radius 2 is 2.14 bits per heavy atom. The summed E-state index contributed by atoms with van der Waals surface area (Å²) in [4.78, 5) is 22.8. The molecule has 1 aliphatic carbocycles. The monoisotopic (exact) mass is 307 g/mol. The number of hydrogen-bond donors (Lipinski definition) is 3. The molecule has 21 heavy (non-hydrogen) atoms. The summed E-state index contributed by atoms with van der Waals surface area (Å²) in [5, 5.41) is 23.2. The van der Waals surface area contributed by atoms with Gasteiger partial charge in [-0.25, -0.2) is 4.79 Å². The standard InChI is InChI=1S/C14H14ClN3O3/c15-11-6-10(3-2-9(11)8-16)17-13(21)18-14(4-1-5-14)7-12(19)20/h2-3,6H,1,4-5,7H2,(H,19,20)(H2,17,18,21). The molecule has 0 bridgehead atoms. The predicted octanol–water partition coefficient (Wildman–Crippen LogP) is 2.73. The Kier molecular flexibility index (Phi) is 4.34. The molecule has 0 aromatic heterocycles. The van der Waals surface area contributed by atoms with Crippen LogP contribution in [0.4, 0.5) is 10.5 Å². The summed E-state index contributed by atoms with van der Waals surface area (Å²) in [5.74, 6) is -0.934. The van der Waals surface area contributed by atoms with Crippen LogP contribution in [-0.4, -0.2) is 22.6 Å². The number of urea groups is 1. The smallest absolute Gasteiger partial charge is 0.319 e. The van der Waals surface area contributed by atoms with E-state index in [1.54, 1.807) is 6.07 Å². The summed E-state index contributed by atoms with van der Waals surface area (Å²) in [6.07, 6.45) is 2.12. The Labute approximate surface area is 126 Å². The lowest BCUT2D eigenvalue weighted by Gasteiger charge is -2.41. The number of hydrogen-bond acceptors (Lipinski definition) is 3. The molecule has 7 heteroatoms. The van der Waals surface area contributed by atoms with Crippen molar-refractivity contribution in [2.45, 2.75) is 31.2 Å². The van der Waals surface area contributed by atoms with Crippen LogP contribution in [0, 0.1) is 11.3 Å². The van der Waals surface area contributed by atoms with E-state index in [1.807, 2.05) is 6.07 Å². The van der Waals surface area contributed by atoms with E-state index >= 15 is 0 Å². The molecule has 0 unspecified atom stereocenters. The highest BCUT2D eigenvalue weighted by atomic mass is 35.5. The summed E-state index contributed by atoms with van der Waals surface area (Å²) >= 11 is 5.88. The van der Waals surface area contributed by atoms with E-state index in [4.69, 9.17) is 22.0 Å². The zero-order valence-electron chi connectivity index (χ0n) is 11.1. The Hall–Kier alpha value is -2.26. The largest absolute Gasteiger partial charge is 0.481 e. The zero-order valence-corrected chi connectivity index (χ0v) is 11.9. The van der Waals surface area contributed by atoms with Gasteiger partial charge in [0.25, 0.3) is 0 Å². The van der Waals surface area contributed by atoms with Gasteiger partial charge in [0.1, 0.15) is 6.07 Å². The minimum Gasteiger partial charge on any atom is -0.481 e. The third kappa shape index (κ3) is 3.64. The molecular weight excluding hydrogens is 294 g/mol. The van der Waals surface area contributed by atoms with Crippen molar-refractivity contribution in [3.8, 4) is 6.07 Å². The molecule has 1 saturated carbocycles.